The summed E-state index contributed by atoms with van der Waals surface area (Å²) < 4.78 is 5.67. The van der Waals surface area contributed by atoms with Crippen molar-refractivity contribution in [2.75, 3.05) is 13.2 Å². The standard InChI is InChI=1S/C21H27N3O3/c1-21(2,3)17-8-10-18(11-9-17)27-13-12-23-19(25)16-6-4-15(5-7-16)14-24-20(22)26/h4-11H,12-14H2,1-3H3,(H,23,25)(H3,22,24,26). The van der Waals surface area contributed by atoms with Crippen LogP contribution in [-0.2, 0) is 12.0 Å². The molecule has 0 fully saturated rings. The molecule has 6 nitrogen and oxygen atoms in total. The maximum absolute atomic E-state index is 12.1. The molecule has 2 aromatic carbocycles. The van der Waals surface area contributed by atoms with Gasteiger partial charge in [0.05, 0.1) is 6.54 Å². The van der Waals surface area contributed by atoms with Crippen LogP contribution in [0, 0.1) is 0 Å². The first-order valence-electron chi connectivity index (χ1n) is 8.89. The minimum atomic E-state index is -0.579. The molecular formula is C21H27N3O3. The van der Waals surface area contributed by atoms with E-state index in [0.717, 1.165) is 11.3 Å². The molecule has 0 bridgehead atoms. The van der Waals surface area contributed by atoms with Crippen molar-refractivity contribution in [1.29, 1.82) is 0 Å². The third-order valence-corrected chi connectivity index (χ3v) is 4.06. The van der Waals surface area contributed by atoms with Crippen molar-refractivity contribution in [1.82, 2.24) is 10.6 Å². The van der Waals surface area contributed by atoms with Crippen LogP contribution in [0.4, 0.5) is 4.79 Å². The van der Waals surface area contributed by atoms with Gasteiger partial charge < -0.3 is 21.1 Å². The summed E-state index contributed by atoms with van der Waals surface area (Å²) >= 11 is 0. The van der Waals surface area contributed by atoms with Crippen LogP contribution in [0.1, 0.15) is 42.3 Å². The Balaban J connectivity index is 1.75. The molecule has 0 atom stereocenters. The number of nitrogens with two attached hydrogens (primary N) is 1. The Morgan fingerprint density at radius 2 is 1.59 bits per heavy atom. The topological polar surface area (TPSA) is 93.4 Å². The molecule has 0 radical (unpaired) electrons. The fourth-order valence-corrected chi connectivity index (χ4v) is 2.45. The lowest BCUT2D eigenvalue weighted by molar-refractivity contribution is 0.0947. The van der Waals surface area contributed by atoms with Gasteiger partial charge in [0.1, 0.15) is 12.4 Å². The molecule has 0 aromatic heterocycles. The number of carbonyl (C=O) groups excluding carboxylic acids is 2. The first-order chi connectivity index (χ1) is 12.8. The summed E-state index contributed by atoms with van der Waals surface area (Å²) in [5.74, 6) is 0.611. The number of hydrogen-bond donors (Lipinski definition) is 3. The van der Waals surface area contributed by atoms with Crippen LogP contribution in [0.3, 0.4) is 0 Å². The van der Waals surface area contributed by atoms with Crippen LogP contribution >= 0.6 is 0 Å². The normalized spacial score (nSPS) is 10.9. The molecule has 0 spiro atoms. The minimum absolute atomic E-state index is 0.109. The zero-order chi connectivity index (χ0) is 19.9. The number of urea groups is 1. The molecule has 0 saturated carbocycles. The van der Waals surface area contributed by atoms with E-state index in [4.69, 9.17) is 10.5 Å². The Morgan fingerprint density at radius 1 is 0.963 bits per heavy atom. The van der Waals surface area contributed by atoms with E-state index < -0.39 is 6.03 Å². The zero-order valence-electron chi connectivity index (χ0n) is 16.0. The second-order valence-electron chi connectivity index (χ2n) is 7.29. The van der Waals surface area contributed by atoms with Gasteiger partial charge in [0, 0.05) is 12.1 Å². The van der Waals surface area contributed by atoms with Crippen molar-refractivity contribution >= 4 is 11.9 Å². The molecule has 27 heavy (non-hydrogen) atoms. The number of hydrogen-bond acceptors (Lipinski definition) is 3. The number of benzene rings is 2. The largest absolute Gasteiger partial charge is 0.492 e. The quantitative estimate of drug-likeness (QED) is 0.655. The van der Waals surface area contributed by atoms with Crippen molar-refractivity contribution in [2.24, 2.45) is 5.73 Å². The lowest BCUT2D eigenvalue weighted by atomic mass is 9.87. The number of carbonyl (C=O) groups is 2. The predicted octanol–water partition coefficient (Wildman–Crippen LogP) is 2.96. The van der Waals surface area contributed by atoms with Crippen molar-refractivity contribution in [3.63, 3.8) is 0 Å². The van der Waals surface area contributed by atoms with Crippen LogP contribution < -0.4 is 21.1 Å². The van der Waals surface area contributed by atoms with E-state index in [0.29, 0.717) is 25.3 Å². The number of nitrogens with one attached hydrogen (secondary N) is 2. The van der Waals surface area contributed by atoms with Gasteiger partial charge in [-0.15, -0.1) is 0 Å². The second kappa shape index (κ2) is 9.07. The summed E-state index contributed by atoms with van der Waals surface area (Å²) in [7, 11) is 0. The highest BCUT2D eigenvalue weighted by Crippen LogP contribution is 2.24. The first kappa shape index (κ1) is 20.3. The van der Waals surface area contributed by atoms with Gasteiger partial charge in [0.25, 0.3) is 5.91 Å². The summed E-state index contributed by atoms with van der Waals surface area (Å²) in [6, 6.07) is 14.4. The molecule has 0 heterocycles. The smallest absolute Gasteiger partial charge is 0.312 e. The maximum atomic E-state index is 12.1. The maximum Gasteiger partial charge on any atom is 0.312 e. The highest BCUT2D eigenvalue weighted by Gasteiger charge is 2.13. The molecule has 4 N–H and O–H groups in total. The van der Waals surface area contributed by atoms with Gasteiger partial charge >= 0.3 is 6.03 Å². The van der Waals surface area contributed by atoms with Gasteiger partial charge in [0.2, 0.25) is 0 Å². The van der Waals surface area contributed by atoms with Crippen LogP contribution in [0.5, 0.6) is 5.75 Å². The molecule has 0 aliphatic heterocycles. The predicted molar refractivity (Wildman–Crippen MR) is 106 cm³/mol. The molecule has 0 unspecified atom stereocenters. The molecule has 0 aliphatic rings. The minimum Gasteiger partial charge on any atom is -0.492 e. The van der Waals surface area contributed by atoms with Crippen LogP contribution in [0.2, 0.25) is 0 Å². The van der Waals surface area contributed by atoms with E-state index >= 15 is 0 Å². The van der Waals surface area contributed by atoms with E-state index in [2.05, 4.69) is 43.5 Å². The summed E-state index contributed by atoms with van der Waals surface area (Å²) in [5, 5.41) is 5.32. The van der Waals surface area contributed by atoms with Crippen molar-refractivity contribution in [3.05, 3.63) is 65.2 Å². The number of ether oxygens (including phenoxy) is 1. The average molecular weight is 369 g/mol. The van der Waals surface area contributed by atoms with Crippen LogP contribution in [0.15, 0.2) is 48.5 Å². The summed E-state index contributed by atoms with van der Waals surface area (Å²) in [5.41, 5.74) is 7.80. The third-order valence-electron chi connectivity index (χ3n) is 4.06. The highest BCUT2D eigenvalue weighted by molar-refractivity contribution is 5.94. The van der Waals surface area contributed by atoms with E-state index in [1.54, 1.807) is 24.3 Å². The van der Waals surface area contributed by atoms with Gasteiger partial charge in [0.15, 0.2) is 0 Å². The van der Waals surface area contributed by atoms with Crippen molar-refractivity contribution in [3.8, 4) is 5.75 Å². The Bertz CT molecular complexity index is 763. The lowest BCUT2D eigenvalue weighted by Gasteiger charge is -2.19. The third kappa shape index (κ3) is 6.66. The molecule has 2 aromatic rings. The van der Waals surface area contributed by atoms with Gasteiger partial charge in [-0.3, -0.25) is 4.79 Å². The van der Waals surface area contributed by atoms with Gasteiger partial charge in [-0.25, -0.2) is 4.79 Å². The fraction of sp³-hybridized carbons (Fsp3) is 0.333. The highest BCUT2D eigenvalue weighted by atomic mass is 16.5. The van der Waals surface area contributed by atoms with E-state index in [9.17, 15) is 9.59 Å². The van der Waals surface area contributed by atoms with Crippen LogP contribution in [0.25, 0.3) is 0 Å². The average Bonchev–Trinajstić information content (AvgIpc) is 2.63. The van der Waals surface area contributed by atoms with Crippen molar-refractivity contribution in [2.45, 2.75) is 32.7 Å². The zero-order valence-corrected chi connectivity index (χ0v) is 16.0. The van der Waals surface area contributed by atoms with Crippen molar-refractivity contribution < 1.29 is 14.3 Å². The Kier molecular flexibility index (Phi) is 6.82. The molecule has 3 amide bonds. The Morgan fingerprint density at radius 3 is 2.15 bits per heavy atom. The molecule has 0 aliphatic carbocycles. The summed E-state index contributed by atoms with van der Waals surface area (Å²) in [4.78, 5) is 22.8. The Labute approximate surface area is 160 Å². The van der Waals surface area contributed by atoms with E-state index in [-0.39, 0.29) is 11.3 Å². The first-order valence-corrected chi connectivity index (χ1v) is 8.89. The number of amides is 3. The fourth-order valence-electron chi connectivity index (χ4n) is 2.45. The monoisotopic (exact) mass is 369 g/mol. The van der Waals surface area contributed by atoms with Gasteiger partial charge in [-0.2, -0.15) is 0 Å². The molecular weight excluding hydrogens is 342 g/mol. The molecule has 6 heteroatoms. The number of rotatable bonds is 7. The van der Waals surface area contributed by atoms with Gasteiger partial charge in [-0.05, 0) is 40.8 Å². The summed E-state index contributed by atoms with van der Waals surface area (Å²) in [6.45, 7) is 7.63. The number of primary amides is 1. The van der Waals surface area contributed by atoms with E-state index in [1.807, 2.05) is 12.1 Å². The van der Waals surface area contributed by atoms with Gasteiger partial charge in [-0.1, -0.05) is 45.0 Å². The van der Waals surface area contributed by atoms with E-state index in [1.165, 1.54) is 5.56 Å². The summed E-state index contributed by atoms with van der Waals surface area (Å²) in [6.07, 6.45) is 0. The Hall–Kier alpha value is -3.02. The van der Waals surface area contributed by atoms with Crippen LogP contribution in [-0.4, -0.2) is 25.1 Å². The molecule has 144 valence electrons. The molecule has 2 rings (SSSR count). The second-order valence-corrected chi connectivity index (χ2v) is 7.29. The molecule has 0 saturated heterocycles. The SMILES string of the molecule is CC(C)(C)c1ccc(OCCNC(=O)c2ccc(CNC(N)=O)cc2)cc1. The lowest BCUT2D eigenvalue weighted by Crippen LogP contribution is -2.29.